The third-order valence-corrected chi connectivity index (χ3v) is 4.32. The molecule has 2 aromatic rings. The van der Waals surface area contributed by atoms with Crippen molar-refractivity contribution in [2.75, 3.05) is 31.6 Å². The zero-order valence-electron chi connectivity index (χ0n) is 13.8. The average molecular weight is 333 g/mol. The van der Waals surface area contributed by atoms with E-state index in [9.17, 15) is 4.79 Å². The maximum absolute atomic E-state index is 12.1. The first-order chi connectivity index (χ1) is 11.7. The number of nitrogens with one attached hydrogen (secondary N) is 1. The molecule has 0 aliphatic carbocycles. The van der Waals surface area contributed by atoms with Crippen LogP contribution in [-0.2, 0) is 11.3 Å². The number of hydrogen-bond acceptors (Lipinski definition) is 6. The Balaban J connectivity index is 1.48. The van der Waals surface area contributed by atoms with Crippen molar-refractivity contribution in [3.8, 4) is 0 Å². The highest BCUT2D eigenvalue weighted by Gasteiger charge is 2.24. The van der Waals surface area contributed by atoms with Crippen molar-refractivity contribution >= 4 is 11.8 Å². The number of aliphatic hydroxyl groups excluding tert-OH is 1. The summed E-state index contributed by atoms with van der Waals surface area (Å²) >= 11 is 0. The van der Waals surface area contributed by atoms with Gasteiger partial charge in [0.05, 0.1) is 25.4 Å². The van der Waals surface area contributed by atoms with E-state index in [0.29, 0.717) is 24.9 Å². The summed E-state index contributed by atoms with van der Waals surface area (Å²) in [7, 11) is 0. The van der Waals surface area contributed by atoms with Gasteiger partial charge < -0.3 is 9.63 Å². The van der Waals surface area contributed by atoms with E-state index in [1.54, 1.807) is 12.3 Å². The topological polar surface area (TPSA) is 96.4 Å². The van der Waals surface area contributed by atoms with Crippen molar-refractivity contribution in [1.82, 2.24) is 19.8 Å². The highest BCUT2D eigenvalue weighted by molar-refractivity contribution is 5.90. The second-order valence-corrected chi connectivity index (χ2v) is 6.13. The molecule has 24 heavy (non-hydrogen) atoms. The lowest BCUT2D eigenvalue weighted by atomic mass is 9.93. The summed E-state index contributed by atoms with van der Waals surface area (Å²) in [5.74, 6) is 0.727. The molecule has 3 heterocycles. The van der Waals surface area contributed by atoms with Gasteiger partial charge in [-0.1, -0.05) is 5.16 Å². The van der Waals surface area contributed by atoms with Crippen molar-refractivity contribution in [3.63, 3.8) is 0 Å². The number of likely N-dealkylation sites (tertiary alicyclic amines) is 1. The Bertz CT molecular complexity index is 673. The van der Waals surface area contributed by atoms with Crippen molar-refractivity contribution < 1.29 is 14.4 Å². The number of carbonyl (C=O) groups excluding carboxylic acids is 1. The van der Waals surface area contributed by atoms with Gasteiger partial charge in [0.1, 0.15) is 0 Å². The van der Waals surface area contributed by atoms with E-state index in [-0.39, 0.29) is 12.5 Å². The zero-order valence-corrected chi connectivity index (χ0v) is 13.8. The van der Waals surface area contributed by atoms with Gasteiger partial charge in [-0.15, -0.1) is 0 Å². The normalized spacial score (nSPS) is 16.4. The predicted octanol–water partition coefficient (Wildman–Crippen LogP) is 0.990. The first kappa shape index (κ1) is 16.7. The Kier molecular flexibility index (Phi) is 5.27. The van der Waals surface area contributed by atoms with Crippen LogP contribution < -0.4 is 5.32 Å². The van der Waals surface area contributed by atoms with Gasteiger partial charge in [-0.3, -0.25) is 19.7 Å². The third-order valence-electron chi connectivity index (χ3n) is 4.32. The largest absolute Gasteiger partial charge is 0.394 e. The van der Waals surface area contributed by atoms with Crippen LogP contribution >= 0.6 is 0 Å². The fraction of sp³-hybridized carbons (Fsp3) is 0.562. The molecule has 1 fully saturated rings. The lowest BCUT2D eigenvalue weighted by molar-refractivity contribution is -0.117. The van der Waals surface area contributed by atoms with Crippen LogP contribution in [0.2, 0.25) is 0 Å². The number of carbonyl (C=O) groups is 1. The third kappa shape index (κ3) is 4.01. The SMILES string of the molecule is Cc1cc(NC(=O)CN2CCC(c3ccnn3CCO)CC2)on1. The molecule has 1 amide bonds. The van der Waals surface area contributed by atoms with Gasteiger partial charge in [-0.05, 0) is 38.9 Å². The first-order valence-corrected chi connectivity index (χ1v) is 8.24. The number of anilines is 1. The fourth-order valence-electron chi connectivity index (χ4n) is 3.16. The molecule has 1 aliphatic heterocycles. The van der Waals surface area contributed by atoms with Crippen LogP contribution in [-0.4, -0.2) is 57.1 Å². The molecular weight excluding hydrogens is 310 g/mol. The standard InChI is InChI=1S/C16H23N5O3/c1-12-10-16(24-19-12)18-15(23)11-20-6-3-13(4-7-20)14-2-5-17-21(14)8-9-22/h2,5,10,13,22H,3-4,6-9,11H2,1H3,(H,18,23). The second-order valence-electron chi connectivity index (χ2n) is 6.13. The van der Waals surface area contributed by atoms with Gasteiger partial charge in [0, 0.05) is 23.9 Å². The monoisotopic (exact) mass is 333 g/mol. The van der Waals surface area contributed by atoms with Gasteiger partial charge in [0.15, 0.2) is 0 Å². The quantitative estimate of drug-likeness (QED) is 0.818. The highest BCUT2D eigenvalue weighted by Crippen LogP contribution is 2.27. The van der Waals surface area contributed by atoms with E-state index in [0.717, 1.165) is 31.6 Å². The maximum Gasteiger partial charge on any atom is 0.240 e. The lowest BCUT2D eigenvalue weighted by Crippen LogP contribution is -2.39. The summed E-state index contributed by atoms with van der Waals surface area (Å²) in [5.41, 5.74) is 1.91. The molecule has 0 aromatic carbocycles. The number of piperidine rings is 1. The van der Waals surface area contributed by atoms with Gasteiger partial charge >= 0.3 is 0 Å². The molecule has 130 valence electrons. The van der Waals surface area contributed by atoms with Gasteiger partial charge in [0.25, 0.3) is 0 Å². The van der Waals surface area contributed by atoms with Crippen molar-refractivity contribution in [3.05, 3.63) is 29.7 Å². The minimum atomic E-state index is -0.0880. The van der Waals surface area contributed by atoms with Crippen LogP contribution in [0.1, 0.15) is 30.1 Å². The number of nitrogens with zero attached hydrogens (tertiary/aromatic N) is 4. The van der Waals surface area contributed by atoms with Crippen LogP contribution in [0.5, 0.6) is 0 Å². The van der Waals surface area contributed by atoms with Crippen LogP contribution in [0.15, 0.2) is 22.9 Å². The number of aryl methyl sites for hydroxylation is 1. The van der Waals surface area contributed by atoms with Gasteiger partial charge in [-0.25, -0.2) is 0 Å². The summed E-state index contributed by atoms with van der Waals surface area (Å²) in [5, 5.41) is 19.8. The molecule has 1 aliphatic rings. The molecule has 0 spiro atoms. The number of aromatic nitrogens is 3. The van der Waals surface area contributed by atoms with Crippen LogP contribution in [0.25, 0.3) is 0 Å². The van der Waals surface area contributed by atoms with E-state index >= 15 is 0 Å². The Morgan fingerprint density at radius 3 is 2.92 bits per heavy atom. The lowest BCUT2D eigenvalue weighted by Gasteiger charge is -2.31. The number of hydrogen-bond donors (Lipinski definition) is 2. The van der Waals surface area contributed by atoms with Gasteiger partial charge in [0.2, 0.25) is 11.8 Å². The molecule has 0 saturated carbocycles. The summed E-state index contributed by atoms with van der Waals surface area (Å²) in [6.07, 6.45) is 3.74. The van der Waals surface area contributed by atoms with E-state index in [1.807, 2.05) is 17.7 Å². The minimum absolute atomic E-state index is 0.0880. The number of rotatable bonds is 6. The smallest absolute Gasteiger partial charge is 0.240 e. The van der Waals surface area contributed by atoms with E-state index in [1.165, 1.54) is 5.69 Å². The van der Waals surface area contributed by atoms with E-state index < -0.39 is 0 Å². The molecule has 0 radical (unpaired) electrons. The summed E-state index contributed by atoms with van der Waals surface area (Å²) in [6, 6.07) is 3.72. The summed E-state index contributed by atoms with van der Waals surface area (Å²) < 4.78 is 6.87. The highest BCUT2D eigenvalue weighted by atomic mass is 16.5. The second kappa shape index (κ2) is 7.59. The number of amides is 1. The minimum Gasteiger partial charge on any atom is -0.394 e. The van der Waals surface area contributed by atoms with Gasteiger partial charge in [-0.2, -0.15) is 5.10 Å². The maximum atomic E-state index is 12.1. The Labute approximate surface area is 140 Å². The fourth-order valence-corrected chi connectivity index (χ4v) is 3.16. The Morgan fingerprint density at radius 1 is 1.46 bits per heavy atom. The molecule has 1 saturated heterocycles. The molecule has 0 atom stereocenters. The summed E-state index contributed by atoms with van der Waals surface area (Å²) in [6.45, 7) is 4.50. The van der Waals surface area contributed by atoms with Crippen molar-refractivity contribution in [2.45, 2.75) is 32.2 Å². The first-order valence-electron chi connectivity index (χ1n) is 8.24. The molecular formula is C16H23N5O3. The molecule has 8 nitrogen and oxygen atoms in total. The Hall–Kier alpha value is -2.19. The number of aliphatic hydroxyl groups is 1. The molecule has 0 bridgehead atoms. The van der Waals surface area contributed by atoms with E-state index in [4.69, 9.17) is 9.63 Å². The molecule has 2 N–H and O–H groups in total. The predicted molar refractivity (Wildman–Crippen MR) is 87.6 cm³/mol. The van der Waals surface area contributed by atoms with Crippen molar-refractivity contribution in [1.29, 1.82) is 0 Å². The van der Waals surface area contributed by atoms with Crippen molar-refractivity contribution in [2.24, 2.45) is 0 Å². The molecule has 0 unspecified atom stereocenters. The zero-order chi connectivity index (χ0) is 16.9. The van der Waals surface area contributed by atoms with Crippen LogP contribution in [0.3, 0.4) is 0 Å². The molecule has 8 heteroatoms. The molecule has 3 rings (SSSR count). The average Bonchev–Trinajstić information content (AvgIpc) is 3.18. The molecule has 2 aromatic heterocycles. The van der Waals surface area contributed by atoms with E-state index in [2.05, 4.69) is 20.5 Å². The van der Waals surface area contributed by atoms with Crippen LogP contribution in [0.4, 0.5) is 5.88 Å². The summed E-state index contributed by atoms with van der Waals surface area (Å²) in [4.78, 5) is 14.2. The van der Waals surface area contributed by atoms with Crippen LogP contribution in [0, 0.1) is 6.92 Å². The Morgan fingerprint density at radius 2 is 2.25 bits per heavy atom.